The molecular weight excluding hydrogens is 328 g/mol. The molecule has 0 heterocycles. The van der Waals surface area contributed by atoms with Crippen molar-refractivity contribution in [3.8, 4) is 0 Å². The molecule has 2 aromatic rings. The second kappa shape index (κ2) is 4.88. The lowest BCUT2D eigenvalue weighted by Gasteiger charge is -2.22. The van der Waals surface area contributed by atoms with Crippen LogP contribution in [-0.4, -0.2) is 25.9 Å². The van der Waals surface area contributed by atoms with Crippen molar-refractivity contribution < 1.29 is 25.9 Å². The molecule has 116 valence electrons. The van der Waals surface area contributed by atoms with E-state index in [-0.39, 0.29) is 16.2 Å². The van der Waals surface area contributed by atoms with Crippen LogP contribution in [0, 0.1) is 0 Å². The lowest BCUT2D eigenvalue weighted by molar-refractivity contribution is 0.481. The van der Waals surface area contributed by atoms with E-state index < -0.39 is 20.2 Å². The second-order valence-corrected chi connectivity index (χ2v) is 7.87. The first-order valence-electron chi connectivity index (χ1n) is 6.34. The molecule has 8 heteroatoms. The molecule has 0 spiro atoms. The van der Waals surface area contributed by atoms with Gasteiger partial charge in [0.15, 0.2) is 0 Å². The zero-order valence-electron chi connectivity index (χ0n) is 11.2. The van der Waals surface area contributed by atoms with Gasteiger partial charge in [-0.2, -0.15) is 16.8 Å². The largest absolute Gasteiger partial charge is 0.294 e. The minimum Gasteiger partial charge on any atom is -0.282 e. The molecule has 1 aliphatic rings. The van der Waals surface area contributed by atoms with Gasteiger partial charge in [0.05, 0.1) is 9.79 Å². The molecule has 0 radical (unpaired) electrons. The van der Waals surface area contributed by atoms with Gasteiger partial charge in [0.2, 0.25) is 0 Å². The Morgan fingerprint density at radius 3 is 1.45 bits per heavy atom. The average Bonchev–Trinajstić information content (AvgIpc) is 2.41. The Bertz CT molecular complexity index is 895. The van der Waals surface area contributed by atoms with Gasteiger partial charge in [-0.05, 0) is 40.8 Å². The first-order valence-corrected chi connectivity index (χ1v) is 9.22. The van der Waals surface area contributed by atoms with Gasteiger partial charge in [0.1, 0.15) is 0 Å². The molecule has 6 nitrogen and oxygen atoms in total. The summed E-state index contributed by atoms with van der Waals surface area (Å²) in [4.78, 5) is -0.471. The molecule has 3 rings (SSSR count). The molecule has 0 saturated heterocycles. The first-order chi connectivity index (χ1) is 10.2. The molecule has 0 atom stereocenters. The number of hydrogen-bond donors (Lipinski definition) is 2. The van der Waals surface area contributed by atoms with Crippen LogP contribution in [0.4, 0.5) is 0 Å². The Balaban J connectivity index is 2.26. The summed E-state index contributed by atoms with van der Waals surface area (Å²) in [5.74, 6) is 0. The maximum atomic E-state index is 11.5. The van der Waals surface area contributed by atoms with Crippen LogP contribution >= 0.6 is 0 Å². The fourth-order valence-corrected chi connectivity index (χ4v) is 4.35. The van der Waals surface area contributed by atoms with Crippen molar-refractivity contribution in [2.24, 2.45) is 0 Å². The minimum absolute atomic E-state index is 0.0105. The summed E-state index contributed by atoms with van der Waals surface area (Å²) in [6.07, 6.45) is 0.341. The fraction of sp³-hybridized carbons (Fsp3) is 0.143. The maximum Gasteiger partial charge on any atom is 0.294 e. The van der Waals surface area contributed by atoms with Crippen molar-refractivity contribution >= 4 is 20.2 Å². The van der Waals surface area contributed by atoms with E-state index in [1.54, 1.807) is 12.1 Å². The minimum atomic E-state index is -4.41. The lowest BCUT2D eigenvalue weighted by atomic mass is 9.86. The highest BCUT2D eigenvalue weighted by atomic mass is 32.2. The Kier molecular flexibility index (Phi) is 3.37. The predicted octanol–water partition coefficient (Wildman–Crippen LogP) is 1.68. The third-order valence-electron chi connectivity index (χ3n) is 3.75. The van der Waals surface area contributed by atoms with Crippen LogP contribution in [0.5, 0.6) is 0 Å². The van der Waals surface area contributed by atoms with E-state index in [0.29, 0.717) is 28.7 Å². The third kappa shape index (κ3) is 2.54. The lowest BCUT2D eigenvalue weighted by Crippen LogP contribution is -2.16. The Hall–Kier alpha value is -1.74. The van der Waals surface area contributed by atoms with Crippen LogP contribution in [0.1, 0.15) is 22.3 Å². The van der Waals surface area contributed by atoms with Crippen molar-refractivity contribution in [3.05, 3.63) is 58.7 Å². The van der Waals surface area contributed by atoms with E-state index in [4.69, 9.17) is 0 Å². The van der Waals surface area contributed by atoms with Gasteiger partial charge in [-0.3, -0.25) is 9.11 Å². The molecule has 2 N–H and O–H groups in total. The van der Waals surface area contributed by atoms with Gasteiger partial charge < -0.3 is 0 Å². The summed E-state index contributed by atoms with van der Waals surface area (Å²) in [5.41, 5.74) is 2.12. The van der Waals surface area contributed by atoms with E-state index in [9.17, 15) is 25.9 Å². The molecule has 0 aliphatic heterocycles. The van der Waals surface area contributed by atoms with Crippen molar-refractivity contribution in [1.29, 1.82) is 0 Å². The Morgan fingerprint density at radius 2 is 1.09 bits per heavy atom. The topological polar surface area (TPSA) is 109 Å². The van der Waals surface area contributed by atoms with Gasteiger partial charge in [0, 0.05) is 6.42 Å². The van der Waals surface area contributed by atoms with Crippen molar-refractivity contribution in [1.82, 2.24) is 0 Å². The first kappa shape index (κ1) is 15.2. The van der Waals surface area contributed by atoms with Crippen LogP contribution in [0.2, 0.25) is 0 Å². The van der Waals surface area contributed by atoms with Crippen LogP contribution < -0.4 is 0 Å². The highest BCUT2D eigenvalue weighted by Crippen LogP contribution is 2.34. The fourth-order valence-electron chi connectivity index (χ4n) is 2.82. The second-order valence-electron chi connectivity index (χ2n) is 5.09. The van der Waals surface area contributed by atoms with Crippen LogP contribution in [0.3, 0.4) is 0 Å². The normalized spacial score (nSPS) is 14.3. The quantitative estimate of drug-likeness (QED) is 0.687. The molecule has 0 aromatic heterocycles. The van der Waals surface area contributed by atoms with Gasteiger partial charge in [0.25, 0.3) is 20.2 Å². The summed E-state index contributed by atoms with van der Waals surface area (Å²) in [6.45, 7) is 0. The Labute approximate surface area is 127 Å². The highest BCUT2D eigenvalue weighted by molar-refractivity contribution is 7.86. The molecule has 2 aromatic carbocycles. The summed E-state index contributed by atoms with van der Waals surface area (Å²) in [7, 11) is -8.81. The average molecular weight is 340 g/mol. The number of fused-ring (bicyclic) bond motifs is 2. The summed E-state index contributed by atoms with van der Waals surface area (Å²) in [6, 6.07) is 9.06. The van der Waals surface area contributed by atoms with E-state index in [2.05, 4.69) is 0 Å². The summed E-state index contributed by atoms with van der Waals surface area (Å²) in [5, 5.41) is 0. The molecule has 0 fully saturated rings. The number of benzene rings is 2. The molecule has 0 bridgehead atoms. The third-order valence-corrected chi connectivity index (χ3v) is 5.63. The van der Waals surface area contributed by atoms with Crippen molar-refractivity contribution in [2.75, 3.05) is 0 Å². The summed E-state index contributed by atoms with van der Waals surface area (Å²) >= 11 is 0. The van der Waals surface area contributed by atoms with Gasteiger partial charge in [-0.25, -0.2) is 0 Å². The van der Waals surface area contributed by atoms with Gasteiger partial charge >= 0.3 is 0 Å². The van der Waals surface area contributed by atoms with Crippen LogP contribution in [-0.2, 0) is 33.1 Å². The molecule has 0 unspecified atom stereocenters. The molecule has 1 aliphatic carbocycles. The monoisotopic (exact) mass is 340 g/mol. The predicted molar refractivity (Wildman–Crippen MR) is 78.1 cm³/mol. The smallest absolute Gasteiger partial charge is 0.282 e. The zero-order chi connectivity index (χ0) is 16.1. The number of rotatable bonds is 2. The number of hydrogen-bond acceptors (Lipinski definition) is 4. The van der Waals surface area contributed by atoms with Crippen LogP contribution in [0.25, 0.3) is 0 Å². The van der Waals surface area contributed by atoms with Crippen molar-refractivity contribution in [3.63, 3.8) is 0 Å². The van der Waals surface area contributed by atoms with Gasteiger partial charge in [-0.15, -0.1) is 0 Å². The summed E-state index contributed by atoms with van der Waals surface area (Å²) < 4.78 is 64.6. The Morgan fingerprint density at radius 1 is 0.682 bits per heavy atom. The van der Waals surface area contributed by atoms with E-state index in [0.717, 1.165) is 0 Å². The standard InChI is InChI=1S/C14H12O6S2/c15-21(16,17)13-5-1-3-9-7-10-4-2-6-14(22(18,19)20)12(10)8-11(9)13/h1-6H,7-8H2,(H,15,16,17)(H,18,19,20). The molecule has 22 heavy (non-hydrogen) atoms. The maximum absolute atomic E-state index is 11.5. The molecule has 0 amide bonds. The molecular formula is C14H12O6S2. The zero-order valence-corrected chi connectivity index (χ0v) is 12.9. The van der Waals surface area contributed by atoms with E-state index in [1.165, 1.54) is 24.3 Å². The van der Waals surface area contributed by atoms with Crippen LogP contribution in [0.15, 0.2) is 46.2 Å². The van der Waals surface area contributed by atoms with Gasteiger partial charge in [-0.1, -0.05) is 24.3 Å². The molecule has 0 saturated carbocycles. The van der Waals surface area contributed by atoms with Crippen molar-refractivity contribution in [2.45, 2.75) is 22.6 Å². The SMILES string of the molecule is O=S(=O)(O)c1cccc2c1Cc1c(cccc1S(=O)(=O)O)C2. The van der Waals surface area contributed by atoms with E-state index in [1.807, 2.05) is 0 Å². The van der Waals surface area contributed by atoms with E-state index >= 15 is 0 Å². The highest BCUT2D eigenvalue weighted by Gasteiger charge is 2.27.